The third-order valence-corrected chi connectivity index (χ3v) is 12.0. The van der Waals surface area contributed by atoms with Crippen molar-refractivity contribution in [3.8, 4) is 11.5 Å². The first-order chi connectivity index (χ1) is 16.0. The van der Waals surface area contributed by atoms with Gasteiger partial charge in [0.1, 0.15) is 0 Å². The molecule has 2 aliphatic rings. The van der Waals surface area contributed by atoms with Crippen molar-refractivity contribution in [2.45, 2.75) is 12.1 Å². The molecular formula is C26H21O6P. The van der Waals surface area contributed by atoms with E-state index < -0.39 is 24.7 Å². The van der Waals surface area contributed by atoms with Crippen molar-refractivity contribution in [2.24, 2.45) is 0 Å². The van der Waals surface area contributed by atoms with E-state index in [4.69, 9.17) is 18.5 Å². The fraction of sp³-hybridized carbons (Fsp3) is 0.154. The molecule has 0 saturated carbocycles. The monoisotopic (exact) mass is 460 g/mol. The first-order valence-electron chi connectivity index (χ1n) is 10.6. The van der Waals surface area contributed by atoms with E-state index in [1.807, 2.05) is 72.8 Å². The molecule has 0 fully saturated rings. The van der Waals surface area contributed by atoms with Crippen LogP contribution in [0.1, 0.15) is 6.42 Å². The molecule has 2 aliphatic heterocycles. The van der Waals surface area contributed by atoms with Crippen LogP contribution in [0.2, 0.25) is 0 Å². The zero-order valence-electron chi connectivity index (χ0n) is 18.1. The van der Waals surface area contributed by atoms with Crippen LogP contribution in [0.5, 0.6) is 11.5 Å². The summed E-state index contributed by atoms with van der Waals surface area (Å²) in [4.78, 5) is 26.1. The number of methoxy groups -OCH3 is 2. The quantitative estimate of drug-likeness (QED) is 0.336. The Bertz CT molecular complexity index is 1390. The molecule has 1 unspecified atom stereocenters. The molecule has 4 aromatic carbocycles. The second kappa shape index (κ2) is 6.69. The molecule has 0 bridgehead atoms. The molecule has 7 heteroatoms. The standard InChI is InChI=1S/C26H21O6P/c1-29-23(27)15-22(26(28)30-2)33(20-13-5-9-16-7-3-11-18(31-33)24(16)20)21-14-6-10-17-8-4-12-19(32-33)25(17)21/h3-14,22H,15H2,1-2H3. The number of carbonyl (C=O) groups is 2. The van der Waals surface area contributed by atoms with Gasteiger partial charge in [-0.3, -0.25) is 0 Å². The normalized spacial score (nSPS) is 18.2. The summed E-state index contributed by atoms with van der Waals surface area (Å²) < 4.78 is 24.2. The van der Waals surface area contributed by atoms with E-state index in [9.17, 15) is 9.59 Å². The molecule has 4 aromatic rings. The van der Waals surface area contributed by atoms with Crippen molar-refractivity contribution >= 4 is 51.1 Å². The van der Waals surface area contributed by atoms with Crippen molar-refractivity contribution < 1.29 is 28.1 Å². The van der Waals surface area contributed by atoms with Crippen molar-refractivity contribution in [2.75, 3.05) is 14.2 Å². The number of benzene rings is 4. The summed E-state index contributed by atoms with van der Waals surface area (Å²) in [6, 6.07) is 23.4. The van der Waals surface area contributed by atoms with Crippen LogP contribution in [0.25, 0.3) is 21.5 Å². The van der Waals surface area contributed by atoms with Gasteiger partial charge in [0.15, 0.2) is 0 Å². The molecule has 33 heavy (non-hydrogen) atoms. The van der Waals surface area contributed by atoms with Gasteiger partial charge < -0.3 is 0 Å². The Kier molecular flexibility index (Phi) is 4.06. The average Bonchev–Trinajstić information content (AvgIpc) is 3.31. The van der Waals surface area contributed by atoms with E-state index in [-0.39, 0.29) is 6.42 Å². The topological polar surface area (TPSA) is 71.1 Å². The van der Waals surface area contributed by atoms with Crippen LogP contribution in [0.3, 0.4) is 0 Å². The fourth-order valence-corrected chi connectivity index (χ4v) is 11.2. The van der Waals surface area contributed by atoms with Crippen molar-refractivity contribution in [1.82, 2.24) is 0 Å². The van der Waals surface area contributed by atoms with E-state index in [0.717, 1.165) is 32.2 Å². The number of hydrogen-bond donors (Lipinski definition) is 0. The number of carbonyl (C=O) groups excluding carboxylic acids is 2. The molecular weight excluding hydrogens is 439 g/mol. The van der Waals surface area contributed by atoms with Gasteiger partial charge in [0.05, 0.1) is 0 Å². The molecule has 0 aromatic heterocycles. The van der Waals surface area contributed by atoms with E-state index in [2.05, 4.69) is 0 Å². The Morgan fingerprint density at radius 2 is 1.24 bits per heavy atom. The van der Waals surface area contributed by atoms with Gasteiger partial charge in [0.2, 0.25) is 0 Å². The Balaban J connectivity index is 1.80. The molecule has 0 amide bonds. The van der Waals surface area contributed by atoms with Crippen LogP contribution in [-0.2, 0) is 19.1 Å². The third-order valence-electron chi connectivity index (χ3n) is 6.79. The van der Waals surface area contributed by atoms with Gasteiger partial charge in [0, 0.05) is 0 Å². The van der Waals surface area contributed by atoms with Crippen LogP contribution in [0.4, 0.5) is 0 Å². The molecule has 0 radical (unpaired) electrons. The Labute approximate surface area is 190 Å². The fourth-order valence-electron chi connectivity index (χ4n) is 5.45. The summed E-state index contributed by atoms with van der Waals surface area (Å²) >= 11 is 0. The van der Waals surface area contributed by atoms with Gasteiger partial charge in [-0.05, 0) is 0 Å². The van der Waals surface area contributed by atoms with Crippen LogP contribution in [0.15, 0.2) is 72.8 Å². The zero-order chi connectivity index (χ0) is 22.8. The molecule has 166 valence electrons. The Morgan fingerprint density at radius 3 is 1.70 bits per heavy atom. The second-order valence-electron chi connectivity index (χ2n) is 8.29. The second-order valence-corrected chi connectivity index (χ2v) is 12.3. The SMILES string of the molecule is COC(=O)CC(C(=O)OC)P12(Oc3cccc4cccc1c34)Oc1cccc3cccc2c13. The third kappa shape index (κ3) is 2.31. The van der Waals surface area contributed by atoms with Gasteiger partial charge in [-0.15, -0.1) is 0 Å². The molecule has 1 spiro atoms. The molecule has 6 rings (SSSR count). The number of fused-ring (bicyclic) bond motifs is 2. The predicted molar refractivity (Wildman–Crippen MR) is 128 cm³/mol. The minimum atomic E-state index is -4.32. The minimum absolute atomic E-state index is 0.240. The summed E-state index contributed by atoms with van der Waals surface area (Å²) in [5, 5.41) is 5.30. The number of ether oxygens (including phenoxy) is 2. The van der Waals surface area contributed by atoms with Gasteiger partial charge in [-0.25, -0.2) is 0 Å². The van der Waals surface area contributed by atoms with Gasteiger partial charge in [-0.1, -0.05) is 0 Å². The van der Waals surface area contributed by atoms with Crippen LogP contribution in [-0.4, -0.2) is 31.8 Å². The van der Waals surface area contributed by atoms with Crippen LogP contribution in [0, 0.1) is 0 Å². The number of rotatable bonds is 4. The molecule has 0 aliphatic carbocycles. The maximum absolute atomic E-state index is 13.5. The van der Waals surface area contributed by atoms with Crippen LogP contribution < -0.4 is 19.7 Å². The first kappa shape index (κ1) is 20.0. The maximum atomic E-state index is 13.5. The Hall–Kier alpha value is -3.63. The molecule has 1 atom stereocenters. The van der Waals surface area contributed by atoms with E-state index in [0.29, 0.717) is 11.5 Å². The molecule has 2 heterocycles. The Morgan fingerprint density at radius 1 is 0.758 bits per heavy atom. The zero-order valence-corrected chi connectivity index (χ0v) is 19.0. The van der Waals surface area contributed by atoms with Crippen molar-refractivity contribution in [3.05, 3.63) is 72.8 Å². The van der Waals surface area contributed by atoms with E-state index >= 15 is 0 Å². The van der Waals surface area contributed by atoms with Gasteiger partial charge in [-0.2, -0.15) is 0 Å². The van der Waals surface area contributed by atoms with Gasteiger partial charge >= 0.3 is 190 Å². The van der Waals surface area contributed by atoms with E-state index in [1.54, 1.807) is 0 Å². The average molecular weight is 460 g/mol. The molecule has 0 N–H and O–H groups in total. The van der Waals surface area contributed by atoms with Crippen molar-refractivity contribution in [1.29, 1.82) is 0 Å². The summed E-state index contributed by atoms with van der Waals surface area (Å²) in [5.41, 5.74) is -1.05. The van der Waals surface area contributed by atoms with Crippen molar-refractivity contribution in [3.63, 3.8) is 0 Å². The summed E-state index contributed by atoms with van der Waals surface area (Å²) in [5.74, 6) is 0.143. The predicted octanol–water partition coefficient (Wildman–Crippen LogP) is 4.22. The van der Waals surface area contributed by atoms with Crippen LogP contribution >= 0.6 is 7.06 Å². The number of hydrogen-bond acceptors (Lipinski definition) is 6. The first-order valence-corrected chi connectivity index (χ1v) is 12.8. The van der Waals surface area contributed by atoms with Gasteiger partial charge in [0.25, 0.3) is 0 Å². The summed E-state index contributed by atoms with van der Waals surface area (Å²) in [7, 11) is -1.70. The van der Waals surface area contributed by atoms with E-state index in [1.165, 1.54) is 14.2 Å². The summed E-state index contributed by atoms with van der Waals surface area (Å²) in [6.45, 7) is 0. The molecule has 6 nitrogen and oxygen atoms in total. The number of esters is 2. The molecule has 0 saturated heterocycles. The summed E-state index contributed by atoms with van der Waals surface area (Å²) in [6.07, 6.45) is -0.240.